The van der Waals surface area contributed by atoms with Crippen LogP contribution in [0.15, 0.2) is 17.5 Å². The van der Waals surface area contributed by atoms with E-state index in [1.54, 1.807) is 17.5 Å². The standard InChI is InChI=1S/C12H15N3O4S/c16-9(6-13-10(12(18)19)7-3-4-7)14-15-11(17)8-2-1-5-20-8/h1-2,5,7,10,13H,3-4,6H2,(H,14,16)(H,15,17)(H,18,19). The molecule has 1 aromatic rings. The number of carboxylic acids is 1. The molecule has 1 fully saturated rings. The van der Waals surface area contributed by atoms with E-state index in [9.17, 15) is 14.4 Å². The van der Waals surface area contributed by atoms with Crippen molar-refractivity contribution in [2.24, 2.45) is 5.92 Å². The van der Waals surface area contributed by atoms with Crippen LogP contribution >= 0.6 is 11.3 Å². The van der Waals surface area contributed by atoms with Gasteiger partial charge in [0.25, 0.3) is 11.8 Å². The lowest BCUT2D eigenvalue weighted by Gasteiger charge is -2.13. The predicted molar refractivity (Wildman–Crippen MR) is 72.1 cm³/mol. The van der Waals surface area contributed by atoms with Crippen LogP contribution in [0.3, 0.4) is 0 Å². The summed E-state index contributed by atoms with van der Waals surface area (Å²) in [6, 6.07) is 2.67. The molecular formula is C12H15N3O4S. The third kappa shape index (κ3) is 4.04. The molecule has 0 spiro atoms. The van der Waals surface area contributed by atoms with Crippen LogP contribution in [0.5, 0.6) is 0 Å². The summed E-state index contributed by atoms with van der Waals surface area (Å²) in [7, 11) is 0. The molecule has 8 heteroatoms. The van der Waals surface area contributed by atoms with E-state index in [0.29, 0.717) is 4.88 Å². The minimum Gasteiger partial charge on any atom is -0.480 e. The van der Waals surface area contributed by atoms with Crippen LogP contribution in [-0.2, 0) is 9.59 Å². The normalized spacial score (nSPS) is 15.4. The number of carboxylic acid groups (broad SMARTS) is 1. The highest BCUT2D eigenvalue weighted by Crippen LogP contribution is 2.32. The Hall–Kier alpha value is -1.93. The van der Waals surface area contributed by atoms with Gasteiger partial charge in [0.15, 0.2) is 0 Å². The number of carbonyl (C=O) groups excluding carboxylic acids is 2. The maximum Gasteiger partial charge on any atom is 0.320 e. The van der Waals surface area contributed by atoms with Crippen molar-refractivity contribution in [3.05, 3.63) is 22.4 Å². The van der Waals surface area contributed by atoms with Gasteiger partial charge in [0.2, 0.25) is 0 Å². The summed E-state index contributed by atoms with van der Waals surface area (Å²) in [5.74, 6) is -1.74. The van der Waals surface area contributed by atoms with Crippen LogP contribution in [0.2, 0.25) is 0 Å². The maximum absolute atomic E-state index is 11.5. The summed E-state index contributed by atoms with van der Waals surface area (Å²) in [5, 5.41) is 13.4. The molecule has 1 aliphatic rings. The maximum atomic E-state index is 11.5. The lowest BCUT2D eigenvalue weighted by molar-refractivity contribution is -0.140. The van der Waals surface area contributed by atoms with Crippen molar-refractivity contribution in [3.63, 3.8) is 0 Å². The topological polar surface area (TPSA) is 108 Å². The molecule has 0 aliphatic heterocycles. The zero-order valence-corrected chi connectivity index (χ0v) is 11.4. The van der Waals surface area contributed by atoms with E-state index in [-0.39, 0.29) is 12.5 Å². The molecule has 4 N–H and O–H groups in total. The highest BCUT2D eigenvalue weighted by molar-refractivity contribution is 7.12. The Morgan fingerprint density at radius 1 is 1.35 bits per heavy atom. The molecule has 0 bridgehead atoms. The highest BCUT2D eigenvalue weighted by atomic mass is 32.1. The number of hydrogen-bond acceptors (Lipinski definition) is 5. The zero-order valence-electron chi connectivity index (χ0n) is 10.6. The van der Waals surface area contributed by atoms with Gasteiger partial charge in [-0.25, -0.2) is 0 Å². The van der Waals surface area contributed by atoms with E-state index in [2.05, 4.69) is 16.2 Å². The number of hydrazine groups is 1. The van der Waals surface area contributed by atoms with E-state index < -0.39 is 23.8 Å². The molecule has 1 unspecified atom stereocenters. The molecule has 1 aliphatic carbocycles. The molecule has 108 valence electrons. The Morgan fingerprint density at radius 3 is 2.65 bits per heavy atom. The van der Waals surface area contributed by atoms with Crippen molar-refractivity contribution in [2.45, 2.75) is 18.9 Å². The fraction of sp³-hybridized carbons (Fsp3) is 0.417. The van der Waals surface area contributed by atoms with Crippen LogP contribution in [0.4, 0.5) is 0 Å². The first-order valence-corrected chi connectivity index (χ1v) is 7.05. The molecule has 0 radical (unpaired) electrons. The lowest BCUT2D eigenvalue weighted by Crippen LogP contribution is -2.49. The van der Waals surface area contributed by atoms with E-state index in [1.165, 1.54) is 11.3 Å². The van der Waals surface area contributed by atoms with Gasteiger partial charge in [0.1, 0.15) is 6.04 Å². The van der Waals surface area contributed by atoms with E-state index >= 15 is 0 Å². The number of amides is 2. The van der Waals surface area contributed by atoms with Crippen LogP contribution in [-0.4, -0.2) is 35.5 Å². The van der Waals surface area contributed by atoms with Gasteiger partial charge in [-0.05, 0) is 30.2 Å². The Labute approximate surface area is 119 Å². The third-order valence-electron chi connectivity index (χ3n) is 2.90. The minimum atomic E-state index is -0.956. The van der Waals surface area contributed by atoms with Crippen LogP contribution < -0.4 is 16.2 Å². The molecule has 7 nitrogen and oxygen atoms in total. The van der Waals surface area contributed by atoms with E-state index in [4.69, 9.17) is 5.11 Å². The molecule has 1 atom stereocenters. The molecule has 1 saturated carbocycles. The summed E-state index contributed by atoms with van der Waals surface area (Å²) >= 11 is 1.26. The molecule has 0 aromatic carbocycles. The smallest absolute Gasteiger partial charge is 0.320 e. The highest BCUT2D eigenvalue weighted by Gasteiger charge is 2.36. The zero-order chi connectivity index (χ0) is 14.5. The number of hydrogen-bond donors (Lipinski definition) is 4. The number of carbonyl (C=O) groups is 3. The predicted octanol–water partition coefficient (Wildman–Crippen LogP) is -0.0381. The largest absolute Gasteiger partial charge is 0.480 e. The first-order valence-electron chi connectivity index (χ1n) is 6.17. The molecule has 2 rings (SSSR count). The summed E-state index contributed by atoms with van der Waals surface area (Å²) in [6.45, 7) is -0.155. The molecule has 2 amide bonds. The second kappa shape index (κ2) is 6.49. The first-order chi connectivity index (χ1) is 9.58. The van der Waals surface area contributed by atoms with Crippen molar-refractivity contribution in [1.82, 2.24) is 16.2 Å². The fourth-order valence-corrected chi connectivity index (χ4v) is 2.35. The molecular weight excluding hydrogens is 282 g/mol. The Balaban J connectivity index is 1.70. The van der Waals surface area contributed by atoms with Gasteiger partial charge in [-0.1, -0.05) is 6.07 Å². The van der Waals surface area contributed by atoms with Crippen LogP contribution in [0.25, 0.3) is 0 Å². The second-order valence-electron chi connectivity index (χ2n) is 4.51. The third-order valence-corrected chi connectivity index (χ3v) is 3.77. The Bertz CT molecular complexity index is 499. The molecule has 1 heterocycles. The van der Waals surface area contributed by atoms with Gasteiger partial charge < -0.3 is 5.11 Å². The first kappa shape index (κ1) is 14.5. The van der Waals surface area contributed by atoms with Crippen molar-refractivity contribution < 1.29 is 19.5 Å². The van der Waals surface area contributed by atoms with Crippen molar-refractivity contribution in [2.75, 3.05) is 6.54 Å². The fourth-order valence-electron chi connectivity index (χ4n) is 1.73. The van der Waals surface area contributed by atoms with E-state index in [1.807, 2.05) is 0 Å². The Kier molecular flexibility index (Phi) is 4.70. The van der Waals surface area contributed by atoms with Crippen molar-refractivity contribution in [3.8, 4) is 0 Å². The number of aliphatic carboxylic acids is 1. The SMILES string of the molecule is O=C(CNC(C(=O)O)C1CC1)NNC(=O)c1cccs1. The number of rotatable bonds is 6. The van der Waals surface area contributed by atoms with Crippen LogP contribution in [0.1, 0.15) is 22.5 Å². The van der Waals surface area contributed by atoms with Gasteiger partial charge in [0.05, 0.1) is 11.4 Å². The minimum absolute atomic E-state index is 0.0982. The molecule has 20 heavy (non-hydrogen) atoms. The summed E-state index contributed by atoms with van der Waals surface area (Å²) in [5.41, 5.74) is 4.50. The number of nitrogens with one attached hydrogen (secondary N) is 3. The molecule has 1 aromatic heterocycles. The van der Waals surface area contributed by atoms with Gasteiger partial charge in [-0.3, -0.25) is 30.6 Å². The molecule has 0 saturated heterocycles. The van der Waals surface area contributed by atoms with Crippen molar-refractivity contribution >= 4 is 29.1 Å². The van der Waals surface area contributed by atoms with Gasteiger partial charge in [-0.15, -0.1) is 11.3 Å². The second-order valence-corrected chi connectivity index (χ2v) is 5.46. The van der Waals surface area contributed by atoms with Gasteiger partial charge in [0, 0.05) is 0 Å². The average Bonchev–Trinajstić information content (AvgIpc) is 3.08. The Morgan fingerprint density at radius 2 is 2.10 bits per heavy atom. The van der Waals surface area contributed by atoms with Crippen molar-refractivity contribution in [1.29, 1.82) is 0 Å². The van der Waals surface area contributed by atoms with Gasteiger partial charge >= 0.3 is 5.97 Å². The number of thiophene rings is 1. The average molecular weight is 297 g/mol. The quantitative estimate of drug-likeness (QED) is 0.551. The lowest BCUT2D eigenvalue weighted by atomic mass is 10.2. The van der Waals surface area contributed by atoms with Crippen LogP contribution in [0, 0.1) is 5.92 Å². The summed E-state index contributed by atoms with van der Waals surface area (Å²) in [4.78, 5) is 34.5. The summed E-state index contributed by atoms with van der Waals surface area (Å²) < 4.78 is 0. The summed E-state index contributed by atoms with van der Waals surface area (Å²) in [6.07, 6.45) is 1.72. The monoisotopic (exact) mass is 297 g/mol. The van der Waals surface area contributed by atoms with E-state index in [0.717, 1.165) is 12.8 Å². The van der Waals surface area contributed by atoms with Gasteiger partial charge in [-0.2, -0.15) is 0 Å².